The van der Waals surface area contributed by atoms with Crippen molar-refractivity contribution < 1.29 is 9.64 Å². The van der Waals surface area contributed by atoms with Crippen molar-refractivity contribution in [1.29, 1.82) is 0 Å². The number of thiocarbonyl (C=S) groups is 1. The Bertz CT molecular complexity index is 487. The minimum atomic E-state index is 0.876. The smallest absolute Gasteiger partial charge is 0.169 e. The number of piperazine rings is 1. The summed E-state index contributed by atoms with van der Waals surface area (Å²) in [4.78, 5) is 6.05. The second kappa shape index (κ2) is 8.19. The maximum atomic E-state index is 5.49. The fourth-order valence-electron chi connectivity index (χ4n) is 2.57. The Morgan fingerprint density at radius 2 is 1.91 bits per heavy atom. The van der Waals surface area contributed by atoms with Gasteiger partial charge < -0.3 is 24.8 Å². The minimum Gasteiger partial charge on any atom is -0.495 e. The molecule has 0 radical (unpaired) electrons. The van der Waals surface area contributed by atoms with Gasteiger partial charge in [0.1, 0.15) is 5.75 Å². The van der Waals surface area contributed by atoms with E-state index in [1.165, 1.54) is 10.6 Å². The molecule has 0 spiro atoms. The van der Waals surface area contributed by atoms with Crippen LogP contribution in [0.15, 0.2) is 24.3 Å². The first-order valence-corrected chi connectivity index (χ1v) is 8.22. The van der Waals surface area contributed by atoms with Crippen molar-refractivity contribution in [3.63, 3.8) is 0 Å². The first-order valence-electron chi connectivity index (χ1n) is 7.81. The van der Waals surface area contributed by atoms with Crippen LogP contribution in [0.2, 0.25) is 0 Å². The monoisotopic (exact) mass is 323 g/mol. The Balaban J connectivity index is 1.84. The summed E-state index contributed by atoms with van der Waals surface area (Å²) in [5, 5.41) is 4.23. The summed E-state index contributed by atoms with van der Waals surface area (Å²) in [6, 6.07) is 8.19. The standard InChI is InChI=1S/C16H26N4OS/c1-18(2)9-8-17-16(22)20-12-10-19(11-13-20)14-6-4-5-7-15(14)21-3/h4-7H,8-13H2,1-3H3,(H,17,22)/p+1. The summed E-state index contributed by atoms with van der Waals surface area (Å²) in [7, 11) is 6.02. The lowest BCUT2D eigenvalue weighted by Crippen LogP contribution is -3.06. The third-order valence-electron chi connectivity index (χ3n) is 3.89. The van der Waals surface area contributed by atoms with Crippen LogP contribution in [0.5, 0.6) is 5.75 Å². The molecule has 1 fully saturated rings. The van der Waals surface area contributed by atoms with Crippen LogP contribution in [0.1, 0.15) is 0 Å². The lowest BCUT2D eigenvalue weighted by molar-refractivity contribution is -0.856. The van der Waals surface area contributed by atoms with E-state index in [0.29, 0.717) is 0 Å². The number of quaternary nitrogens is 1. The van der Waals surface area contributed by atoms with Gasteiger partial charge in [0.2, 0.25) is 0 Å². The van der Waals surface area contributed by atoms with Crippen molar-refractivity contribution in [2.75, 3.05) is 65.4 Å². The molecule has 1 aromatic carbocycles. The summed E-state index contributed by atoms with van der Waals surface area (Å²) in [5.74, 6) is 0.936. The van der Waals surface area contributed by atoms with Crippen LogP contribution in [-0.2, 0) is 0 Å². The summed E-state index contributed by atoms with van der Waals surface area (Å²) >= 11 is 5.49. The number of nitrogens with zero attached hydrogens (tertiary/aromatic N) is 2. The van der Waals surface area contributed by atoms with Crippen molar-refractivity contribution >= 4 is 23.0 Å². The molecule has 0 amide bonds. The number of methoxy groups -OCH3 is 1. The Morgan fingerprint density at radius 3 is 2.55 bits per heavy atom. The first-order chi connectivity index (χ1) is 10.6. The van der Waals surface area contributed by atoms with Gasteiger partial charge in [-0.3, -0.25) is 0 Å². The van der Waals surface area contributed by atoms with Crippen molar-refractivity contribution in [3.05, 3.63) is 24.3 Å². The zero-order valence-corrected chi connectivity index (χ0v) is 14.6. The first kappa shape index (κ1) is 16.8. The van der Waals surface area contributed by atoms with Crippen LogP contribution in [-0.4, -0.2) is 70.5 Å². The molecule has 5 nitrogen and oxygen atoms in total. The van der Waals surface area contributed by atoms with E-state index in [1.54, 1.807) is 7.11 Å². The summed E-state index contributed by atoms with van der Waals surface area (Å²) in [6.07, 6.45) is 0. The summed E-state index contributed by atoms with van der Waals surface area (Å²) in [5.41, 5.74) is 1.17. The average Bonchev–Trinajstić information content (AvgIpc) is 2.54. The summed E-state index contributed by atoms with van der Waals surface area (Å²) in [6.45, 7) is 5.80. The van der Waals surface area contributed by atoms with Crippen molar-refractivity contribution in [2.45, 2.75) is 0 Å². The van der Waals surface area contributed by atoms with Gasteiger partial charge in [-0.1, -0.05) is 12.1 Å². The van der Waals surface area contributed by atoms with Crippen LogP contribution >= 0.6 is 12.2 Å². The van der Waals surface area contributed by atoms with Gasteiger partial charge in [0.05, 0.1) is 40.0 Å². The molecule has 1 aliphatic heterocycles. The molecule has 0 bridgehead atoms. The molecule has 2 N–H and O–H groups in total. The third-order valence-corrected chi connectivity index (χ3v) is 4.30. The van der Waals surface area contributed by atoms with E-state index in [9.17, 15) is 0 Å². The predicted molar refractivity (Wildman–Crippen MR) is 95.1 cm³/mol. The molecular formula is C16H27N4OS+. The molecule has 0 atom stereocenters. The fraction of sp³-hybridized carbons (Fsp3) is 0.562. The largest absolute Gasteiger partial charge is 0.495 e. The predicted octanol–water partition coefficient (Wildman–Crippen LogP) is -0.164. The van der Waals surface area contributed by atoms with Gasteiger partial charge in [0.25, 0.3) is 0 Å². The molecule has 1 saturated heterocycles. The number of ether oxygens (including phenoxy) is 1. The lowest BCUT2D eigenvalue weighted by Gasteiger charge is -2.37. The minimum absolute atomic E-state index is 0.876. The highest BCUT2D eigenvalue weighted by Gasteiger charge is 2.20. The molecule has 2 rings (SSSR count). The number of hydrogen-bond donors (Lipinski definition) is 2. The number of hydrogen-bond acceptors (Lipinski definition) is 3. The molecule has 0 aromatic heterocycles. The summed E-state index contributed by atoms with van der Waals surface area (Å²) < 4.78 is 5.45. The fourth-order valence-corrected chi connectivity index (χ4v) is 2.86. The second-order valence-corrected chi connectivity index (χ2v) is 6.22. The molecule has 1 heterocycles. The molecular weight excluding hydrogens is 296 g/mol. The normalized spacial score (nSPS) is 15.1. The topological polar surface area (TPSA) is 32.2 Å². The van der Waals surface area contributed by atoms with Gasteiger partial charge in [0, 0.05) is 26.2 Å². The zero-order chi connectivity index (χ0) is 15.9. The highest BCUT2D eigenvalue weighted by molar-refractivity contribution is 7.80. The molecule has 22 heavy (non-hydrogen) atoms. The van der Waals surface area contributed by atoms with Crippen LogP contribution in [0.25, 0.3) is 0 Å². The molecule has 0 aliphatic carbocycles. The van der Waals surface area contributed by atoms with E-state index >= 15 is 0 Å². The maximum Gasteiger partial charge on any atom is 0.169 e. The third kappa shape index (κ3) is 4.48. The highest BCUT2D eigenvalue weighted by Crippen LogP contribution is 2.28. The lowest BCUT2D eigenvalue weighted by atomic mass is 10.2. The quantitative estimate of drug-likeness (QED) is 0.736. The van der Waals surface area contributed by atoms with E-state index in [0.717, 1.165) is 50.1 Å². The molecule has 6 heteroatoms. The zero-order valence-electron chi connectivity index (χ0n) is 13.8. The Labute approximate surface area is 138 Å². The second-order valence-electron chi connectivity index (χ2n) is 5.83. The average molecular weight is 323 g/mol. The van der Waals surface area contributed by atoms with Gasteiger partial charge in [-0.25, -0.2) is 0 Å². The maximum absolute atomic E-state index is 5.49. The van der Waals surface area contributed by atoms with Gasteiger partial charge in [-0.05, 0) is 24.4 Å². The van der Waals surface area contributed by atoms with Crippen LogP contribution in [0.4, 0.5) is 5.69 Å². The van der Waals surface area contributed by atoms with E-state index in [-0.39, 0.29) is 0 Å². The number of anilines is 1. The number of rotatable bonds is 5. The van der Waals surface area contributed by atoms with Gasteiger partial charge in [-0.15, -0.1) is 0 Å². The molecule has 0 saturated carbocycles. The van der Waals surface area contributed by atoms with Crippen LogP contribution in [0.3, 0.4) is 0 Å². The Hall–Kier alpha value is -1.53. The van der Waals surface area contributed by atoms with Crippen LogP contribution in [0, 0.1) is 0 Å². The number of para-hydroxylation sites is 2. The molecule has 122 valence electrons. The van der Waals surface area contributed by atoms with Crippen LogP contribution < -0.4 is 19.9 Å². The molecule has 1 aliphatic rings. The van der Waals surface area contributed by atoms with E-state index in [1.807, 2.05) is 12.1 Å². The SMILES string of the molecule is COc1ccccc1N1CCN(C(=S)NCC[NH+](C)C)CC1. The van der Waals surface area contributed by atoms with Crippen molar-refractivity contribution in [1.82, 2.24) is 10.2 Å². The van der Waals surface area contributed by atoms with E-state index in [2.05, 4.69) is 41.3 Å². The Morgan fingerprint density at radius 1 is 1.23 bits per heavy atom. The molecule has 1 aromatic rings. The van der Waals surface area contributed by atoms with Crippen molar-refractivity contribution in [2.24, 2.45) is 0 Å². The molecule has 0 unspecified atom stereocenters. The number of benzene rings is 1. The van der Waals surface area contributed by atoms with Gasteiger partial charge in [0.15, 0.2) is 5.11 Å². The highest BCUT2D eigenvalue weighted by atomic mass is 32.1. The number of likely N-dealkylation sites (N-methyl/N-ethyl adjacent to an activating group) is 1. The van der Waals surface area contributed by atoms with Gasteiger partial charge in [-0.2, -0.15) is 0 Å². The number of nitrogens with one attached hydrogen (secondary N) is 2. The van der Waals surface area contributed by atoms with Crippen molar-refractivity contribution in [3.8, 4) is 5.75 Å². The Kier molecular flexibility index (Phi) is 6.27. The van der Waals surface area contributed by atoms with Gasteiger partial charge >= 0.3 is 0 Å². The van der Waals surface area contributed by atoms with E-state index < -0.39 is 0 Å². The van der Waals surface area contributed by atoms with E-state index in [4.69, 9.17) is 17.0 Å².